The van der Waals surface area contributed by atoms with E-state index in [1.165, 1.54) is 17.2 Å². The first-order chi connectivity index (χ1) is 14.1. The number of rotatable bonds is 5. The molecule has 1 aromatic heterocycles. The summed E-state index contributed by atoms with van der Waals surface area (Å²) in [5, 5.41) is 14.2. The quantitative estimate of drug-likeness (QED) is 0.694. The van der Waals surface area contributed by atoms with Gasteiger partial charge in [0.15, 0.2) is 5.82 Å². The monoisotopic (exact) mass is 401 g/mol. The molecule has 2 aromatic rings. The highest BCUT2D eigenvalue weighted by Crippen LogP contribution is 2.26. The fraction of sp³-hybridized carbons (Fsp3) is 0.474. The van der Waals surface area contributed by atoms with Gasteiger partial charge in [-0.2, -0.15) is 10.1 Å². The van der Waals surface area contributed by atoms with Crippen molar-refractivity contribution < 1.29 is 13.9 Å². The lowest BCUT2D eigenvalue weighted by molar-refractivity contribution is -0.125. The minimum atomic E-state index is -0.501. The zero-order chi connectivity index (χ0) is 20.2. The van der Waals surface area contributed by atoms with Crippen molar-refractivity contribution in [2.45, 2.75) is 37.8 Å². The number of halogens is 1. The summed E-state index contributed by atoms with van der Waals surface area (Å²) in [5.74, 6) is 0.0566. The zero-order valence-corrected chi connectivity index (χ0v) is 16.0. The van der Waals surface area contributed by atoms with Crippen molar-refractivity contribution in [3.8, 4) is 0 Å². The lowest BCUT2D eigenvalue weighted by Gasteiger charge is -2.29. The van der Waals surface area contributed by atoms with E-state index in [9.17, 15) is 9.18 Å². The van der Waals surface area contributed by atoms with Crippen LogP contribution in [0.5, 0.6) is 0 Å². The predicted molar refractivity (Wildman–Crippen MR) is 107 cm³/mol. The number of hydrogen-bond donors (Lipinski definition) is 3. The number of aromatic nitrogens is 3. The predicted octanol–water partition coefficient (Wildman–Crippen LogP) is 1.80. The molecule has 2 fully saturated rings. The summed E-state index contributed by atoms with van der Waals surface area (Å²) in [6.45, 7) is 0.682. The Morgan fingerprint density at radius 3 is 2.93 bits per heavy atom. The molecule has 9 nitrogen and oxygen atoms in total. The van der Waals surface area contributed by atoms with Gasteiger partial charge >= 0.3 is 0 Å². The van der Waals surface area contributed by atoms with Crippen molar-refractivity contribution >= 4 is 29.0 Å². The Hall–Kier alpha value is -2.85. The van der Waals surface area contributed by atoms with Crippen LogP contribution >= 0.6 is 0 Å². The second-order valence-electron chi connectivity index (χ2n) is 7.25. The summed E-state index contributed by atoms with van der Waals surface area (Å²) in [6, 6.07) is 4.75. The molecule has 1 amide bonds. The lowest BCUT2D eigenvalue weighted by atomic mass is 9.91. The van der Waals surface area contributed by atoms with Crippen molar-refractivity contribution in [3.63, 3.8) is 0 Å². The third-order valence-electron chi connectivity index (χ3n) is 5.19. The molecule has 154 valence electrons. The van der Waals surface area contributed by atoms with Gasteiger partial charge in [-0.3, -0.25) is 4.79 Å². The SMILES string of the molecule is N[C@H]1CCCC[C@H]1Nc1nncc(Nc2ccc(N3CCOCC3=O)c(F)c2)n1. The largest absolute Gasteiger partial charge is 0.370 e. The van der Waals surface area contributed by atoms with Gasteiger partial charge in [0.05, 0.1) is 18.5 Å². The van der Waals surface area contributed by atoms with Crippen molar-refractivity contribution in [2.75, 3.05) is 35.3 Å². The molecule has 2 aliphatic rings. The first-order valence-electron chi connectivity index (χ1n) is 9.77. The molecule has 10 heteroatoms. The van der Waals surface area contributed by atoms with Crippen LogP contribution in [0.1, 0.15) is 25.7 Å². The van der Waals surface area contributed by atoms with E-state index in [4.69, 9.17) is 10.5 Å². The van der Waals surface area contributed by atoms with Crippen molar-refractivity contribution in [1.82, 2.24) is 15.2 Å². The van der Waals surface area contributed by atoms with Crippen LogP contribution in [-0.2, 0) is 9.53 Å². The molecule has 1 aromatic carbocycles. The average Bonchev–Trinajstić information content (AvgIpc) is 2.71. The van der Waals surface area contributed by atoms with Gasteiger partial charge in [-0.25, -0.2) is 4.39 Å². The van der Waals surface area contributed by atoms with Gasteiger partial charge in [0.25, 0.3) is 5.91 Å². The van der Waals surface area contributed by atoms with E-state index < -0.39 is 5.82 Å². The molecule has 0 radical (unpaired) electrons. The number of nitrogens with zero attached hydrogens (tertiary/aromatic N) is 4. The Morgan fingerprint density at radius 1 is 1.28 bits per heavy atom. The van der Waals surface area contributed by atoms with E-state index in [0.717, 1.165) is 25.7 Å². The Morgan fingerprint density at radius 2 is 2.14 bits per heavy atom. The Bertz CT molecular complexity index is 881. The number of nitrogens with one attached hydrogen (secondary N) is 2. The number of anilines is 4. The number of morpholine rings is 1. The van der Waals surface area contributed by atoms with Gasteiger partial charge in [0.2, 0.25) is 5.95 Å². The summed E-state index contributed by atoms with van der Waals surface area (Å²) in [5.41, 5.74) is 6.89. The topological polar surface area (TPSA) is 118 Å². The Kier molecular flexibility index (Phi) is 5.81. The smallest absolute Gasteiger partial charge is 0.253 e. The maximum absolute atomic E-state index is 14.6. The number of carbonyl (C=O) groups is 1. The number of nitrogens with two attached hydrogens (primary N) is 1. The molecule has 0 unspecified atom stereocenters. The fourth-order valence-electron chi connectivity index (χ4n) is 3.65. The van der Waals surface area contributed by atoms with Gasteiger partial charge in [0.1, 0.15) is 12.4 Å². The second-order valence-corrected chi connectivity index (χ2v) is 7.25. The van der Waals surface area contributed by atoms with Crippen LogP contribution in [0.15, 0.2) is 24.4 Å². The van der Waals surface area contributed by atoms with Crippen molar-refractivity contribution in [3.05, 3.63) is 30.2 Å². The molecule has 1 saturated carbocycles. The van der Waals surface area contributed by atoms with Crippen LogP contribution in [0.3, 0.4) is 0 Å². The van der Waals surface area contributed by atoms with Crippen LogP contribution < -0.4 is 21.3 Å². The molecule has 0 bridgehead atoms. The number of carbonyl (C=O) groups excluding carboxylic acids is 1. The molecular weight excluding hydrogens is 377 g/mol. The molecule has 2 atom stereocenters. The molecule has 4 N–H and O–H groups in total. The highest BCUT2D eigenvalue weighted by atomic mass is 19.1. The van der Waals surface area contributed by atoms with E-state index >= 15 is 0 Å². The first-order valence-corrected chi connectivity index (χ1v) is 9.77. The summed E-state index contributed by atoms with van der Waals surface area (Å²) in [6.07, 6.45) is 5.66. The Labute approximate surface area is 167 Å². The molecule has 1 saturated heterocycles. The summed E-state index contributed by atoms with van der Waals surface area (Å²) < 4.78 is 19.7. The minimum absolute atomic E-state index is 0.0352. The third kappa shape index (κ3) is 4.60. The molecule has 4 rings (SSSR count). The van der Waals surface area contributed by atoms with Crippen molar-refractivity contribution in [1.29, 1.82) is 0 Å². The lowest BCUT2D eigenvalue weighted by Crippen LogP contribution is -2.43. The van der Waals surface area contributed by atoms with Crippen LogP contribution in [0.4, 0.5) is 27.5 Å². The number of hydrogen-bond acceptors (Lipinski definition) is 8. The average molecular weight is 401 g/mol. The molecule has 0 spiro atoms. The summed E-state index contributed by atoms with van der Waals surface area (Å²) >= 11 is 0. The molecule has 1 aliphatic carbocycles. The van der Waals surface area contributed by atoms with Gasteiger partial charge in [0, 0.05) is 24.3 Å². The maximum atomic E-state index is 14.6. The van der Waals surface area contributed by atoms with Gasteiger partial charge in [-0.15, -0.1) is 5.10 Å². The highest BCUT2D eigenvalue weighted by Gasteiger charge is 2.24. The van der Waals surface area contributed by atoms with Crippen LogP contribution in [0, 0.1) is 5.82 Å². The fourth-order valence-corrected chi connectivity index (χ4v) is 3.65. The third-order valence-corrected chi connectivity index (χ3v) is 5.19. The number of amides is 1. The molecule has 1 aliphatic heterocycles. The summed E-state index contributed by atoms with van der Waals surface area (Å²) in [4.78, 5) is 17.7. The molecular formula is C19H24FN7O2. The van der Waals surface area contributed by atoms with Gasteiger partial charge in [-0.1, -0.05) is 12.8 Å². The van der Waals surface area contributed by atoms with E-state index in [-0.39, 0.29) is 30.3 Å². The number of benzene rings is 1. The van der Waals surface area contributed by atoms with E-state index in [1.54, 1.807) is 12.1 Å². The second kappa shape index (κ2) is 8.66. The van der Waals surface area contributed by atoms with Crippen LogP contribution in [0.25, 0.3) is 0 Å². The maximum Gasteiger partial charge on any atom is 0.253 e. The molecule has 29 heavy (non-hydrogen) atoms. The standard InChI is InChI=1S/C19H24FN7O2/c20-13-9-12(5-6-16(13)27-7-8-29-11-18(27)28)23-17-10-22-26-19(25-17)24-15-4-2-1-3-14(15)21/h5-6,9-10,14-15H,1-4,7-8,11,21H2,(H2,23,24,25,26)/t14-,15+/m0/s1. The van der Waals surface area contributed by atoms with Gasteiger partial charge < -0.3 is 26.0 Å². The van der Waals surface area contributed by atoms with E-state index in [1.807, 2.05) is 0 Å². The first kappa shape index (κ1) is 19.5. The highest BCUT2D eigenvalue weighted by molar-refractivity contribution is 5.95. The van der Waals surface area contributed by atoms with E-state index in [0.29, 0.717) is 30.6 Å². The Balaban J connectivity index is 1.45. The normalized spacial score (nSPS) is 22.4. The van der Waals surface area contributed by atoms with Gasteiger partial charge in [-0.05, 0) is 31.0 Å². The number of ether oxygens (including phenoxy) is 1. The molecule has 2 heterocycles. The minimum Gasteiger partial charge on any atom is -0.370 e. The zero-order valence-electron chi connectivity index (χ0n) is 16.0. The van der Waals surface area contributed by atoms with Crippen LogP contribution in [-0.4, -0.2) is 52.9 Å². The summed E-state index contributed by atoms with van der Waals surface area (Å²) in [7, 11) is 0. The van der Waals surface area contributed by atoms with E-state index in [2.05, 4.69) is 25.8 Å². The van der Waals surface area contributed by atoms with Crippen molar-refractivity contribution in [2.24, 2.45) is 5.73 Å². The van der Waals surface area contributed by atoms with Crippen LogP contribution in [0.2, 0.25) is 0 Å².